The molecule has 0 aromatic heterocycles. The molecule has 3 unspecified atom stereocenters. The maximum atomic E-state index is 13.2. The van der Waals surface area contributed by atoms with Crippen molar-refractivity contribution in [2.75, 3.05) is 6.61 Å². The van der Waals surface area contributed by atoms with Crippen molar-refractivity contribution in [1.82, 2.24) is 5.32 Å². The van der Waals surface area contributed by atoms with Crippen LogP contribution in [0.4, 0.5) is 13.2 Å². The van der Waals surface area contributed by atoms with Gasteiger partial charge in [0.05, 0.1) is 11.5 Å². The normalized spacial score (nSPS) is 33.9. The molecule has 0 aromatic carbocycles. The SMILES string of the molecule is CCC1(CC)CC(NC2CCCCC2C(F)(F)F)CCO1. The van der Waals surface area contributed by atoms with Gasteiger partial charge >= 0.3 is 6.18 Å². The van der Waals surface area contributed by atoms with Crippen LogP contribution in [0.2, 0.25) is 0 Å². The summed E-state index contributed by atoms with van der Waals surface area (Å²) < 4.78 is 45.4. The number of nitrogens with one attached hydrogen (secondary N) is 1. The first-order valence-corrected chi connectivity index (χ1v) is 8.37. The Bertz CT molecular complexity index is 328. The molecule has 124 valence electrons. The molecule has 1 aliphatic heterocycles. The molecule has 1 N–H and O–H groups in total. The summed E-state index contributed by atoms with van der Waals surface area (Å²) in [5, 5.41) is 3.34. The summed E-state index contributed by atoms with van der Waals surface area (Å²) in [6.07, 6.45) is 1.96. The minimum absolute atomic E-state index is 0.141. The van der Waals surface area contributed by atoms with Gasteiger partial charge in [0.25, 0.3) is 0 Å². The fourth-order valence-corrected chi connectivity index (χ4v) is 3.94. The number of alkyl halides is 3. The predicted molar refractivity (Wildman–Crippen MR) is 77.2 cm³/mol. The zero-order valence-corrected chi connectivity index (χ0v) is 13.1. The van der Waals surface area contributed by atoms with Gasteiger partial charge in [0, 0.05) is 18.7 Å². The second kappa shape index (κ2) is 6.86. The van der Waals surface area contributed by atoms with Crippen LogP contribution in [0.25, 0.3) is 0 Å². The van der Waals surface area contributed by atoms with Crippen molar-refractivity contribution in [3.8, 4) is 0 Å². The van der Waals surface area contributed by atoms with Gasteiger partial charge in [-0.1, -0.05) is 26.7 Å². The molecule has 2 aliphatic rings. The second-order valence-corrected chi connectivity index (χ2v) is 6.63. The van der Waals surface area contributed by atoms with Crippen molar-refractivity contribution in [3.05, 3.63) is 0 Å². The minimum atomic E-state index is -4.07. The van der Waals surface area contributed by atoms with Gasteiger partial charge in [-0.15, -0.1) is 0 Å². The highest BCUT2D eigenvalue weighted by molar-refractivity contribution is 4.93. The van der Waals surface area contributed by atoms with E-state index in [1.807, 2.05) is 0 Å². The summed E-state index contributed by atoms with van der Waals surface area (Å²) in [6, 6.07) is -0.250. The van der Waals surface area contributed by atoms with Gasteiger partial charge in [0.1, 0.15) is 0 Å². The maximum Gasteiger partial charge on any atom is 0.393 e. The van der Waals surface area contributed by atoms with E-state index in [-0.39, 0.29) is 18.1 Å². The van der Waals surface area contributed by atoms with Crippen molar-refractivity contribution in [1.29, 1.82) is 0 Å². The topological polar surface area (TPSA) is 21.3 Å². The van der Waals surface area contributed by atoms with Crippen LogP contribution in [-0.4, -0.2) is 30.5 Å². The van der Waals surface area contributed by atoms with E-state index in [2.05, 4.69) is 19.2 Å². The Morgan fingerprint density at radius 2 is 1.76 bits per heavy atom. The monoisotopic (exact) mass is 307 g/mol. The minimum Gasteiger partial charge on any atom is -0.375 e. The first kappa shape index (κ1) is 17.1. The lowest BCUT2D eigenvalue weighted by Crippen LogP contribution is -2.53. The molecule has 1 aliphatic carbocycles. The van der Waals surface area contributed by atoms with Gasteiger partial charge in [-0.2, -0.15) is 13.2 Å². The zero-order chi connectivity index (χ0) is 15.5. The van der Waals surface area contributed by atoms with Crippen LogP contribution in [0, 0.1) is 5.92 Å². The van der Waals surface area contributed by atoms with Crippen LogP contribution in [-0.2, 0) is 4.74 Å². The van der Waals surface area contributed by atoms with E-state index < -0.39 is 18.1 Å². The van der Waals surface area contributed by atoms with Crippen molar-refractivity contribution in [2.45, 2.75) is 89.1 Å². The van der Waals surface area contributed by atoms with Crippen LogP contribution < -0.4 is 5.32 Å². The van der Waals surface area contributed by atoms with Crippen LogP contribution in [0.3, 0.4) is 0 Å². The lowest BCUT2D eigenvalue weighted by molar-refractivity contribution is -0.190. The molecule has 21 heavy (non-hydrogen) atoms. The van der Waals surface area contributed by atoms with Gasteiger partial charge in [-0.05, 0) is 38.5 Å². The molecule has 0 bridgehead atoms. The molecule has 0 aromatic rings. The van der Waals surface area contributed by atoms with Crippen molar-refractivity contribution < 1.29 is 17.9 Å². The van der Waals surface area contributed by atoms with Crippen LogP contribution in [0.5, 0.6) is 0 Å². The smallest absolute Gasteiger partial charge is 0.375 e. The third kappa shape index (κ3) is 4.13. The van der Waals surface area contributed by atoms with E-state index >= 15 is 0 Å². The lowest BCUT2D eigenvalue weighted by atomic mass is 9.81. The summed E-state index contributed by atoms with van der Waals surface area (Å²) in [6.45, 7) is 4.86. The third-order valence-electron chi connectivity index (χ3n) is 5.42. The molecule has 2 nitrogen and oxygen atoms in total. The fraction of sp³-hybridized carbons (Fsp3) is 1.00. The molecule has 5 heteroatoms. The van der Waals surface area contributed by atoms with E-state index in [1.165, 1.54) is 0 Å². The average molecular weight is 307 g/mol. The fourth-order valence-electron chi connectivity index (χ4n) is 3.94. The quantitative estimate of drug-likeness (QED) is 0.829. The molecule has 2 rings (SSSR count). The summed E-state index contributed by atoms with van der Waals surface area (Å²) >= 11 is 0. The summed E-state index contributed by atoms with van der Waals surface area (Å²) in [5.41, 5.74) is -0.141. The Kier molecular flexibility index (Phi) is 5.58. The van der Waals surface area contributed by atoms with Crippen LogP contribution >= 0.6 is 0 Å². The second-order valence-electron chi connectivity index (χ2n) is 6.63. The summed E-state index contributed by atoms with van der Waals surface area (Å²) in [5.74, 6) is -1.17. The van der Waals surface area contributed by atoms with Crippen molar-refractivity contribution in [3.63, 3.8) is 0 Å². The summed E-state index contributed by atoms with van der Waals surface area (Å²) in [7, 11) is 0. The first-order chi connectivity index (χ1) is 9.90. The molecule has 2 fully saturated rings. The number of hydrogen-bond acceptors (Lipinski definition) is 2. The number of rotatable bonds is 4. The Hall–Kier alpha value is -0.290. The molecular weight excluding hydrogens is 279 g/mol. The Morgan fingerprint density at radius 3 is 2.38 bits per heavy atom. The van der Waals surface area contributed by atoms with Crippen molar-refractivity contribution in [2.24, 2.45) is 5.92 Å². The van der Waals surface area contributed by atoms with E-state index in [9.17, 15) is 13.2 Å². The zero-order valence-electron chi connectivity index (χ0n) is 13.1. The average Bonchev–Trinajstić information content (AvgIpc) is 2.47. The number of ether oxygens (including phenoxy) is 1. The third-order valence-corrected chi connectivity index (χ3v) is 5.42. The lowest BCUT2D eigenvalue weighted by Gasteiger charge is -2.43. The highest BCUT2D eigenvalue weighted by Gasteiger charge is 2.46. The predicted octanol–water partition coefficient (Wildman–Crippen LogP) is 4.43. The van der Waals surface area contributed by atoms with Crippen molar-refractivity contribution >= 4 is 0 Å². The van der Waals surface area contributed by atoms with Crippen LogP contribution in [0.15, 0.2) is 0 Å². The van der Waals surface area contributed by atoms with E-state index in [1.54, 1.807) is 0 Å². The van der Waals surface area contributed by atoms with E-state index in [0.29, 0.717) is 19.4 Å². The molecule has 0 spiro atoms. The first-order valence-electron chi connectivity index (χ1n) is 8.37. The molecule has 0 radical (unpaired) electrons. The Balaban J connectivity index is 1.99. The number of halogens is 3. The molecule has 3 atom stereocenters. The highest BCUT2D eigenvalue weighted by Crippen LogP contribution is 2.39. The van der Waals surface area contributed by atoms with E-state index in [4.69, 9.17) is 4.74 Å². The van der Waals surface area contributed by atoms with E-state index in [0.717, 1.165) is 32.1 Å². The van der Waals surface area contributed by atoms with Gasteiger partial charge in [0.15, 0.2) is 0 Å². The van der Waals surface area contributed by atoms with Gasteiger partial charge in [-0.3, -0.25) is 0 Å². The molecule has 1 saturated carbocycles. The summed E-state index contributed by atoms with van der Waals surface area (Å²) in [4.78, 5) is 0. The molecular formula is C16H28F3NO. The van der Waals surface area contributed by atoms with Crippen LogP contribution in [0.1, 0.15) is 65.2 Å². The molecule has 1 saturated heterocycles. The molecule has 0 amide bonds. The highest BCUT2D eigenvalue weighted by atomic mass is 19.4. The Morgan fingerprint density at radius 1 is 1.10 bits per heavy atom. The van der Waals surface area contributed by atoms with Gasteiger partial charge in [0.2, 0.25) is 0 Å². The van der Waals surface area contributed by atoms with Gasteiger partial charge < -0.3 is 10.1 Å². The largest absolute Gasteiger partial charge is 0.393 e. The number of hydrogen-bond donors (Lipinski definition) is 1. The van der Waals surface area contributed by atoms with Gasteiger partial charge in [-0.25, -0.2) is 0 Å². The standard InChI is InChI=1S/C16H28F3NO/c1-3-15(4-2)11-12(9-10-21-15)20-14-8-6-5-7-13(14)16(17,18)19/h12-14,20H,3-11H2,1-2H3. The maximum absolute atomic E-state index is 13.2. The molecule has 1 heterocycles. The Labute approximate surface area is 125 Å².